The van der Waals surface area contributed by atoms with Crippen LogP contribution in [0.4, 0.5) is 0 Å². The molecule has 1 atom stereocenters. The number of benzene rings is 2. The molecule has 2 amide bonds. The van der Waals surface area contributed by atoms with Gasteiger partial charge in [-0.05, 0) is 35.9 Å². The van der Waals surface area contributed by atoms with Gasteiger partial charge in [0.1, 0.15) is 6.61 Å². The van der Waals surface area contributed by atoms with Crippen LogP contribution in [-0.4, -0.2) is 31.3 Å². The average molecular weight is 403 g/mol. The van der Waals surface area contributed by atoms with E-state index in [1.807, 2.05) is 6.07 Å². The van der Waals surface area contributed by atoms with Crippen molar-refractivity contribution in [1.29, 1.82) is 0 Å². The van der Waals surface area contributed by atoms with Crippen LogP contribution in [0.25, 0.3) is 6.08 Å². The predicted molar refractivity (Wildman–Crippen MR) is 99.2 cm³/mol. The third-order valence-electron chi connectivity index (χ3n) is 3.99. The van der Waals surface area contributed by atoms with Crippen LogP contribution in [0.1, 0.15) is 5.56 Å². The molecule has 2 N–H and O–H groups in total. The second-order valence-corrected chi connectivity index (χ2v) is 6.32. The summed E-state index contributed by atoms with van der Waals surface area (Å²) < 4.78 is 21.5. The number of fused-ring (bicyclic) bond motifs is 2. The second kappa shape index (κ2) is 7.69. The van der Waals surface area contributed by atoms with Crippen LogP contribution in [0.2, 0.25) is 5.02 Å². The van der Waals surface area contributed by atoms with Crippen molar-refractivity contribution >= 4 is 29.5 Å². The molecule has 0 fully saturated rings. The Morgan fingerprint density at radius 1 is 1.04 bits per heavy atom. The lowest BCUT2D eigenvalue weighted by Crippen LogP contribution is -2.50. The van der Waals surface area contributed by atoms with Crippen molar-refractivity contribution < 1.29 is 28.5 Å². The molecule has 144 valence electrons. The topological polar surface area (TPSA) is 95.1 Å². The van der Waals surface area contributed by atoms with Gasteiger partial charge in [-0.2, -0.15) is 0 Å². The van der Waals surface area contributed by atoms with E-state index in [1.54, 1.807) is 30.3 Å². The zero-order valence-corrected chi connectivity index (χ0v) is 15.2. The third-order valence-corrected chi connectivity index (χ3v) is 4.27. The van der Waals surface area contributed by atoms with Crippen molar-refractivity contribution in [3.8, 4) is 23.0 Å². The number of amides is 2. The van der Waals surface area contributed by atoms with E-state index in [0.717, 1.165) is 0 Å². The van der Waals surface area contributed by atoms with Crippen LogP contribution >= 0.6 is 11.6 Å². The summed E-state index contributed by atoms with van der Waals surface area (Å²) in [7, 11) is 0. The minimum Gasteiger partial charge on any atom is -0.485 e. The Balaban J connectivity index is 1.31. The molecular weight excluding hydrogens is 388 g/mol. The van der Waals surface area contributed by atoms with Crippen LogP contribution in [0.15, 0.2) is 42.5 Å². The molecule has 0 radical (unpaired) electrons. The molecule has 2 aliphatic rings. The van der Waals surface area contributed by atoms with Crippen LogP contribution < -0.4 is 29.8 Å². The number of nitrogens with one attached hydrogen (secondary N) is 2. The molecule has 0 saturated carbocycles. The Bertz CT molecular complexity index is 961. The zero-order valence-electron chi connectivity index (χ0n) is 14.4. The van der Waals surface area contributed by atoms with Crippen molar-refractivity contribution in [2.45, 2.75) is 6.10 Å². The fourth-order valence-corrected chi connectivity index (χ4v) is 2.92. The Labute approximate surface area is 164 Å². The number of ether oxygens (including phenoxy) is 4. The lowest BCUT2D eigenvalue weighted by Gasteiger charge is -2.25. The van der Waals surface area contributed by atoms with E-state index in [1.165, 1.54) is 12.2 Å². The maximum absolute atomic E-state index is 12.2. The highest BCUT2D eigenvalue weighted by Gasteiger charge is 2.27. The molecular formula is C19H15ClN2O6. The van der Waals surface area contributed by atoms with Gasteiger partial charge in [0.2, 0.25) is 12.9 Å². The summed E-state index contributed by atoms with van der Waals surface area (Å²) in [6.07, 6.45) is 1.92. The van der Waals surface area contributed by atoms with Gasteiger partial charge in [0.25, 0.3) is 11.8 Å². The standard InChI is InChI=1S/C19H15ClN2O6/c20-12-7-11(8-15-18(12)27-10-26-15)5-6-17(23)21-22-19(24)16-9-25-13-3-1-2-4-14(13)28-16/h1-8,16H,9-10H2,(H,21,23)(H,22,24). The SMILES string of the molecule is O=C(C=Cc1cc(Cl)c2c(c1)OCO2)NNC(=O)C1COc2ccccc2O1. The quantitative estimate of drug-likeness (QED) is 0.603. The molecule has 9 heteroatoms. The van der Waals surface area contributed by atoms with Crippen LogP contribution in [0.3, 0.4) is 0 Å². The number of para-hydroxylation sites is 2. The fourth-order valence-electron chi connectivity index (χ4n) is 2.65. The first-order valence-electron chi connectivity index (χ1n) is 8.36. The van der Waals surface area contributed by atoms with E-state index < -0.39 is 17.9 Å². The maximum atomic E-state index is 12.2. The van der Waals surface area contributed by atoms with Gasteiger partial charge in [0, 0.05) is 6.08 Å². The van der Waals surface area contributed by atoms with Crippen LogP contribution in [-0.2, 0) is 9.59 Å². The highest BCUT2D eigenvalue weighted by molar-refractivity contribution is 6.32. The van der Waals surface area contributed by atoms with E-state index in [9.17, 15) is 9.59 Å². The van der Waals surface area contributed by atoms with Crippen molar-refractivity contribution in [3.63, 3.8) is 0 Å². The van der Waals surface area contributed by atoms with E-state index in [0.29, 0.717) is 33.6 Å². The summed E-state index contributed by atoms with van der Waals surface area (Å²) in [6.45, 7) is 0.149. The first-order chi connectivity index (χ1) is 13.6. The van der Waals surface area contributed by atoms with Gasteiger partial charge in [-0.1, -0.05) is 23.7 Å². The van der Waals surface area contributed by atoms with Gasteiger partial charge < -0.3 is 18.9 Å². The van der Waals surface area contributed by atoms with Crippen LogP contribution in [0, 0.1) is 0 Å². The van der Waals surface area contributed by atoms with Gasteiger partial charge in [0.15, 0.2) is 23.0 Å². The van der Waals surface area contributed by atoms with Gasteiger partial charge in [-0.15, -0.1) is 0 Å². The third kappa shape index (κ3) is 3.81. The Morgan fingerprint density at radius 3 is 2.71 bits per heavy atom. The number of carbonyl (C=O) groups excluding carboxylic acids is 2. The lowest BCUT2D eigenvalue weighted by atomic mass is 10.2. The van der Waals surface area contributed by atoms with E-state index in [2.05, 4.69) is 10.9 Å². The molecule has 0 spiro atoms. The second-order valence-electron chi connectivity index (χ2n) is 5.91. The Kier molecular flexibility index (Phi) is 4.94. The fraction of sp³-hybridized carbons (Fsp3) is 0.158. The van der Waals surface area contributed by atoms with Crippen molar-refractivity contribution in [1.82, 2.24) is 10.9 Å². The highest BCUT2D eigenvalue weighted by Crippen LogP contribution is 2.40. The van der Waals surface area contributed by atoms with E-state index in [4.69, 9.17) is 30.5 Å². The molecule has 2 aliphatic heterocycles. The van der Waals surface area contributed by atoms with Gasteiger partial charge in [-0.25, -0.2) is 0 Å². The highest BCUT2D eigenvalue weighted by atomic mass is 35.5. The molecule has 0 bridgehead atoms. The summed E-state index contributed by atoms with van der Waals surface area (Å²) in [6, 6.07) is 10.4. The minimum absolute atomic E-state index is 0.0459. The smallest absolute Gasteiger partial charge is 0.283 e. The summed E-state index contributed by atoms with van der Waals surface area (Å²) in [5.41, 5.74) is 5.25. The van der Waals surface area contributed by atoms with E-state index in [-0.39, 0.29) is 13.4 Å². The monoisotopic (exact) mass is 402 g/mol. The minimum atomic E-state index is -0.869. The van der Waals surface area contributed by atoms with Crippen molar-refractivity contribution in [2.24, 2.45) is 0 Å². The van der Waals surface area contributed by atoms with Crippen molar-refractivity contribution in [2.75, 3.05) is 13.4 Å². The number of hydrazine groups is 1. The molecule has 8 nitrogen and oxygen atoms in total. The lowest BCUT2D eigenvalue weighted by molar-refractivity contribution is -0.134. The average Bonchev–Trinajstić information content (AvgIpc) is 3.19. The summed E-state index contributed by atoms with van der Waals surface area (Å²) in [5.74, 6) is 0.977. The molecule has 2 heterocycles. The van der Waals surface area contributed by atoms with Crippen molar-refractivity contribution in [3.05, 3.63) is 53.1 Å². The normalized spacial score (nSPS) is 16.7. The molecule has 0 aliphatic carbocycles. The first-order valence-corrected chi connectivity index (χ1v) is 8.73. The maximum Gasteiger partial charge on any atom is 0.283 e. The van der Waals surface area contributed by atoms with Crippen LogP contribution in [0.5, 0.6) is 23.0 Å². The molecule has 0 saturated heterocycles. The molecule has 1 unspecified atom stereocenters. The van der Waals surface area contributed by atoms with Gasteiger partial charge in [-0.3, -0.25) is 20.4 Å². The number of rotatable bonds is 3. The van der Waals surface area contributed by atoms with Gasteiger partial charge >= 0.3 is 0 Å². The Morgan fingerprint density at radius 2 is 1.86 bits per heavy atom. The molecule has 28 heavy (non-hydrogen) atoms. The summed E-state index contributed by atoms with van der Waals surface area (Å²) >= 11 is 6.09. The Hall–Kier alpha value is -3.39. The predicted octanol–water partition coefficient (Wildman–Crippen LogP) is 2.07. The summed E-state index contributed by atoms with van der Waals surface area (Å²) in [4.78, 5) is 24.1. The molecule has 2 aromatic carbocycles. The molecule has 4 rings (SSSR count). The summed E-state index contributed by atoms with van der Waals surface area (Å²) in [5, 5.41) is 0.387. The number of carbonyl (C=O) groups is 2. The number of halogens is 1. The zero-order chi connectivity index (χ0) is 19.5. The van der Waals surface area contributed by atoms with Gasteiger partial charge in [0.05, 0.1) is 5.02 Å². The molecule has 0 aromatic heterocycles. The van der Waals surface area contributed by atoms with E-state index >= 15 is 0 Å². The largest absolute Gasteiger partial charge is 0.485 e. The number of hydrogen-bond donors (Lipinski definition) is 2. The molecule has 2 aromatic rings. The first kappa shape index (κ1) is 18.0. The number of hydrogen-bond acceptors (Lipinski definition) is 6.